The van der Waals surface area contributed by atoms with Gasteiger partial charge in [-0.2, -0.15) is 0 Å². The fraction of sp³-hybridized carbons (Fsp3) is 0.429. The molecule has 0 fully saturated rings. The molecule has 26 heavy (non-hydrogen) atoms. The molecule has 0 aliphatic carbocycles. The summed E-state index contributed by atoms with van der Waals surface area (Å²) < 4.78 is 16.5. The van der Waals surface area contributed by atoms with Crippen molar-refractivity contribution >= 4 is 11.6 Å². The van der Waals surface area contributed by atoms with Crippen LogP contribution in [0, 0.1) is 0 Å². The van der Waals surface area contributed by atoms with Crippen LogP contribution >= 0.6 is 11.6 Å². The molecule has 0 bridgehead atoms. The second-order valence-electron chi connectivity index (χ2n) is 6.58. The zero-order valence-electron chi connectivity index (χ0n) is 16.1. The Kier molecular flexibility index (Phi) is 7.61. The highest BCUT2D eigenvalue weighted by Crippen LogP contribution is 2.33. The molecule has 0 aliphatic heterocycles. The Balaban J connectivity index is 1.87. The average molecular weight is 378 g/mol. The van der Waals surface area contributed by atoms with E-state index in [-0.39, 0.29) is 6.10 Å². The molecule has 1 unspecified atom stereocenters. The van der Waals surface area contributed by atoms with E-state index in [1.165, 1.54) is 5.56 Å². The molecule has 1 N–H and O–H groups in total. The van der Waals surface area contributed by atoms with E-state index in [4.69, 9.17) is 25.8 Å². The third-order valence-electron chi connectivity index (χ3n) is 4.18. The maximum Gasteiger partial charge on any atom is 0.162 e. The van der Waals surface area contributed by atoms with Crippen LogP contribution < -0.4 is 19.5 Å². The Bertz CT molecular complexity index is 701. The van der Waals surface area contributed by atoms with Gasteiger partial charge < -0.3 is 19.5 Å². The van der Waals surface area contributed by atoms with Crippen LogP contribution in [0.5, 0.6) is 17.2 Å². The normalized spacial score (nSPS) is 12.1. The van der Waals surface area contributed by atoms with Crippen LogP contribution in [0.4, 0.5) is 0 Å². The summed E-state index contributed by atoms with van der Waals surface area (Å²) >= 11 is 6.32. The first-order chi connectivity index (χ1) is 12.4. The fourth-order valence-corrected chi connectivity index (χ4v) is 2.87. The van der Waals surface area contributed by atoms with Crippen molar-refractivity contribution in [1.29, 1.82) is 0 Å². The zero-order chi connectivity index (χ0) is 19.1. The van der Waals surface area contributed by atoms with Gasteiger partial charge >= 0.3 is 0 Å². The number of hydrogen-bond acceptors (Lipinski definition) is 4. The zero-order valence-corrected chi connectivity index (χ0v) is 16.9. The Morgan fingerprint density at radius 2 is 1.58 bits per heavy atom. The minimum atomic E-state index is 0.0406. The van der Waals surface area contributed by atoms with Crippen molar-refractivity contribution in [3.63, 3.8) is 0 Å². The van der Waals surface area contributed by atoms with Gasteiger partial charge in [-0.1, -0.05) is 37.6 Å². The van der Waals surface area contributed by atoms with Gasteiger partial charge in [-0.15, -0.1) is 0 Å². The van der Waals surface area contributed by atoms with E-state index >= 15 is 0 Å². The molecule has 1 atom stereocenters. The highest BCUT2D eigenvalue weighted by Gasteiger charge is 2.11. The Hall–Kier alpha value is -1.91. The van der Waals surface area contributed by atoms with Crippen molar-refractivity contribution in [2.75, 3.05) is 20.8 Å². The Labute approximate surface area is 161 Å². The van der Waals surface area contributed by atoms with E-state index in [0.29, 0.717) is 35.5 Å². The molecule has 0 aromatic heterocycles. The number of nitrogens with one attached hydrogen (secondary N) is 1. The Morgan fingerprint density at radius 3 is 2.15 bits per heavy atom. The third kappa shape index (κ3) is 5.55. The summed E-state index contributed by atoms with van der Waals surface area (Å²) in [7, 11) is 3.21. The number of halogens is 1. The van der Waals surface area contributed by atoms with Crippen molar-refractivity contribution in [3.05, 3.63) is 52.5 Å². The molecule has 0 radical (unpaired) electrons. The van der Waals surface area contributed by atoms with Crippen LogP contribution in [0.2, 0.25) is 5.02 Å². The molecule has 0 aliphatic rings. The quantitative estimate of drug-likeness (QED) is 0.664. The van der Waals surface area contributed by atoms with Crippen LogP contribution in [0.15, 0.2) is 36.4 Å². The summed E-state index contributed by atoms with van der Waals surface area (Å²) in [5, 5.41) is 4.02. The predicted octanol–water partition coefficient (Wildman–Crippen LogP) is 5.04. The average Bonchev–Trinajstić information content (AvgIpc) is 2.63. The molecule has 142 valence electrons. The smallest absolute Gasteiger partial charge is 0.162 e. The van der Waals surface area contributed by atoms with Gasteiger partial charge in [0.05, 0.1) is 14.2 Å². The molecule has 0 heterocycles. The predicted molar refractivity (Wildman–Crippen MR) is 107 cm³/mol. The van der Waals surface area contributed by atoms with E-state index in [2.05, 4.69) is 31.3 Å². The molecule has 5 heteroatoms. The maximum absolute atomic E-state index is 6.32. The lowest BCUT2D eigenvalue weighted by Gasteiger charge is -2.17. The van der Waals surface area contributed by atoms with Crippen molar-refractivity contribution in [3.8, 4) is 17.2 Å². The molecule has 2 aromatic rings. The summed E-state index contributed by atoms with van der Waals surface area (Å²) in [5.41, 5.74) is 2.27. The number of methoxy groups -OCH3 is 2. The second kappa shape index (κ2) is 9.70. The molecular formula is C21H28ClNO3. The molecule has 0 amide bonds. The summed E-state index contributed by atoms with van der Waals surface area (Å²) in [6, 6.07) is 11.9. The van der Waals surface area contributed by atoms with Crippen LogP contribution in [-0.4, -0.2) is 26.9 Å². The second-order valence-corrected chi connectivity index (χ2v) is 6.99. The molecule has 4 nitrogen and oxygen atoms in total. The minimum absolute atomic E-state index is 0.0406. The van der Waals surface area contributed by atoms with Crippen LogP contribution in [0.25, 0.3) is 0 Å². The number of benzene rings is 2. The fourth-order valence-electron chi connectivity index (χ4n) is 2.65. The van der Waals surface area contributed by atoms with Crippen LogP contribution in [0.1, 0.15) is 37.8 Å². The van der Waals surface area contributed by atoms with Gasteiger partial charge in [0.15, 0.2) is 11.5 Å². The van der Waals surface area contributed by atoms with Crippen molar-refractivity contribution in [1.82, 2.24) is 5.32 Å². The van der Waals surface area contributed by atoms with Gasteiger partial charge in [0.2, 0.25) is 0 Å². The van der Waals surface area contributed by atoms with Gasteiger partial charge in [-0.05, 0) is 42.2 Å². The summed E-state index contributed by atoms with van der Waals surface area (Å²) in [6.07, 6.45) is 0.0406. The first kappa shape index (κ1) is 20.4. The Morgan fingerprint density at radius 1 is 0.962 bits per heavy atom. The number of hydrogen-bond donors (Lipinski definition) is 1. The monoisotopic (exact) mass is 377 g/mol. The van der Waals surface area contributed by atoms with E-state index in [9.17, 15) is 0 Å². The van der Waals surface area contributed by atoms with Gasteiger partial charge in [0, 0.05) is 24.2 Å². The standard InChI is InChI=1S/C21H28ClNO3/c1-14(2)16-6-8-18(9-7-16)26-15(3)12-23-13-17-10-20(24-4)21(25-5)11-19(17)22/h6-11,14-15,23H,12-13H2,1-5H3. The van der Waals surface area contributed by atoms with E-state index in [1.807, 2.05) is 25.1 Å². The number of ether oxygens (including phenoxy) is 3. The lowest BCUT2D eigenvalue weighted by molar-refractivity contribution is 0.217. The van der Waals surface area contributed by atoms with E-state index < -0.39 is 0 Å². The highest BCUT2D eigenvalue weighted by atomic mass is 35.5. The molecular weight excluding hydrogens is 350 g/mol. The van der Waals surface area contributed by atoms with Gasteiger partial charge in [0.1, 0.15) is 11.9 Å². The van der Waals surface area contributed by atoms with Gasteiger partial charge in [0.25, 0.3) is 0 Å². The largest absolute Gasteiger partial charge is 0.493 e. The summed E-state index contributed by atoms with van der Waals surface area (Å²) in [4.78, 5) is 0. The molecule has 0 saturated heterocycles. The SMILES string of the molecule is COc1cc(Cl)c(CNCC(C)Oc2ccc(C(C)C)cc2)cc1OC. The van der Waals surface area contributed by atoms with E-state index in [0.717, 1.165) is 11.3 Å². The molecule has 2 aromatic carbocycles. The number of rotatable bonds is 9. The van der Waals surface area contributed by atoms with Crippen LogP contribution in [0.3, 0.4) is 0 Å². The molecule has 0 saturated carbocycles. The molecule has 2 rings (SSSR count). The lowest BCUT2D eigenvalue weighted by atomic mass is 10.0. The van der Waals surface area contributed by atoms with E-state index in [1.54, 1.807) is 20.3 Å². The maximum atomic E-state index is 6.32. The van der Waals surface area contributed by atoms with Crippen molar-refractivity contribution in [2.24, 2.45) is 0 Å². The van der Waals surface area contributed by atoms with Crippen molar-refractivity contribution in [2.45, 2.75) is 39.3 Å². The highest BCUT2D eigenvalue weighted by molar-refractivity contribution is 6.31. The molecule has 0 spiro atoms. The first-order valence-electron chi connectivity index (χ1n) is 8.82. The summed E-state index contributed by atoms with van der Waals surface area (Å²) in [5.74, 6) is 2.70. The van der Waals surface area contributed by atoms with Gasteiger partial charge in [-0.25, -0.2) is 0 Å². The third-order valence-corrected chi connectivity index (χ3v) is 4.54. The summed E-state index contributed by atoms with van der Waals surface area (Å²) in [6.45, 7) is 7.73. The van der Waals surface area contributed by atoms with Crippen molar-refractivity contribution < 1.29 is 14.2 Å². The van der Waals surface area contributed by atoms with Crippen LogP contribution in [-0.2, 0) is 6.54 Å². The van der Waals surface area contributed by atoms with Gasteiger partial charge in [-0.3, -0.25) is 0 Å². The topological polar surface area (TPSA) is 39.7 Å². The first-order valence-corrected chi connectivity index (χ1v) is 9.20. The lowest BCUT2D eigenvalue weighted by Crippen LogP contribution is -2.28. The minimum Gasteiger partial charge on any atom is -0.493 e.